The number of guanidine groups is 1. The van der Waals surface area contributed by atoms with E-state index < -0.39 is 9.84 Å². The van der Waals surface area contributed by atoms with Crippen LogP contribution in [0.2, 0.25) is 0 Å². The number of piperazine rings is 1. The largest absolute Gasteiger partial charge is 0.356 e. The number of aromatic nitrogens is 1. The average molecular weight is 525 g/mol. The number of anilines is 1. The van der Waals surface area contributed by atoms with E-state index in [1.165, 1.54) is 6.07 Å². The van der Waals surface area contributed by atoms with E-state index in [0.717, 1.165) is 18.9 Å². The second kappa shape index (κ2) is 10.6. The van der Waals surface area contributed by atoms with Gasteiger partial charge < -0.3 is 15.1 Å². The highest BCUT2D eigenvalue weighted by Crippen LogP contribution is 2.19. The molecule has 2 aliphatic rings. The quantitative estimate of drug-likeness (QED) is 0.359. The summed E-state index contributed by atoms with van der Waals surface area (Å²) >= 11 is 0. The fraction of sp³-hybridized carbons (Fsp3) is 0.667. The second-order valence-electron chi connectivity index (χ2n) is 7.14. The van der Waals surface area contributed by atoms with Crippen LogP contribution in [0.3, 0.4) is 0 Å². The van der Waals surface area contributed by atoms with Crippen LogP contribution >= 0.6 is 24.0 Å². The Labute approximate surface area is 183 Å². The lowest BCUT2D eigenvalue weighted by Gasteiger charge is -2.37. The van der Waals surface area contributed by atoms with Crippen molar-refractivity contribution in [2.45, 2.75) is 19.8 Å². The molecule has 2 aliphatic heterocycles. The maximum absolute atomic E-state index is 13.9. The lowest BCUT2D eigenvalue weighted by atomic mass is 10.1. The molecule has 0 bridgehead atoms. The molecule has 3 rings (SSSR count). The summed E-state index contributed by atoms with van der Waals surface area (Å²) in [6.07, 6.45) is 3.28. The fourth-order valence-corrected chi connectivity index (χ4v) is 5.33. The Morgan fingerprint density at radius 1 is 1.36 bits per heavy atom. The van der Waals surface area contributed by atoms with Gasteiger partial charge in [-0.05, 0) is 30.9 Å². The average Bonchev–Trinajstić information content (AvgIpc) is 3.01. The summed E-state index contributed by atoms with van der Waals surface area (Å²) in [4.78, 5) is 13.0. The van der Waals surface area contributed by atoms with Crippen molar-refractivity contribution in [3.8, 4) is 0 Å². The van der Waals surface area contributed by atoms with E-state index >= 15 is 0 Å². The third kappa shape index (κ3) is 6.16. The van der Waals surface area contributed by atoms with Gasteiger partial charge in [0.2, 0.25) is 0 Å². The Kier molecular flexibility index (Phi) is 8.72. The van der Waals surface area contributed by atoms with E-state index in [1.54, 1.807) is 12.3 Å². The zero-order chi connectivity index (χ0) is 19.3. The van der Waals surface area contributed by atoms with E-state index in [9.17, 15) is 12.8 Å². The highest BCUT2D eigenvalue weighted by atomic mass is 127. The molecule has 10 heteroatoms. The van der Waals surface area contributed by atoms with Gasteiger partial charge in [0.15, 0.2) is 27.4 Å². The molecular weight excluding hydrogens is 496 g/mol. The minimum absolute atomic E-state index is 0. The maximum atomic E-state index is 13.9. The number of hydrogen-bond donors (Lipinski definition) is 1. The summed E-state index contributed by atoms with van der Waals surface area (Å²) in [7, 11) is -2.88. The van der Waals surface area contributed by atoms with Gasteiger partial charge in [0, 0.05) is 45.5 Å². The smallest absolute Gasteiger partial charge is 0.194 e. The van der Waals surface area contributed by atoms with Gasteiger partial charge in [0.05, 0.1) is 11.5 Å². The molecule has 1 unspecified atom stereocenters. The molecule has 0 amide bonds. The van der Waals surface area contributed by atoms with Crippen molar-refractivity contribution < 1.29 is 12.8 Å². The molecule has 0 saturated carbocycles. The third-order valence-electron chi connectivity index (χ3n) is 4.98. The van der Waals surface area contributed by atoms with E-state index in [4.69, 9.17) is 4.99 Å². The maximum Gasteiger partial charge on any atom is 0.194 e. The highest BCUT2D eigenvalue weighted by Gasteiger charge is 2.28. The van der Waals surface area contributed by atoms with Crippen LogP contribution in [0.1, 0.15) is 19.8 Å². The lowest BCUT2D eigenvalue weighted by molar-refractivity contribution is 0.367. The summed E-state index contributed by atoms with van der Waals surface area (Å²) < 4.78 is 37.2. The molecule has 0 aromatic carbocycles. The fourth-order valence-electron chi connectivity index (χ4n) is 3.48. The van der Waals surface area contributed by atoms with Gasteiger partial charge >= 0.3 is 0 Å². The highest BCUT2D eigenvalue weighted by molar-refractivity contribution is 14.0. The van der Waals surface area contributed by atoms with E-state index in [1.807, 2.05) is 4.90 Å². The summed E-state index contributed by atoms with van der Waals surface area (Å²) in [5, 5.41) is 3.37. The SMILES string of the molecule is CCCNC(=NCC1CCS(=O)(=O)C1)N1CCN(c2ncccc2F)CC1.I. The molecule has 1 atom stereocenters. The Morgan fingerprint density at radius 2 is 2.11 bits per heavy atom. The topological polar surface area (TPSA) is 77.9 Å². The molecule has 0 aliphatic carbocycles. The van der Waals surface area contributed by atoms with Crippen molar-refractivity contribution in [1.82, 2.24) is 15.2 Å². The molecule has 1 N–H and O–H groups in total. The molecule has 1 aromatic rings. The number of hydrogen-bond acceptors (Lipinski definition) is 5. The van der Waals surface area contributed by atoms with Crippen LogP contribution in [0.4, 0.5) is 10.2 Å². The Balaban J connectivity index is 0.00000280. The number of pyridine rings is 1. The minimum Gasteiger partial charge on any atom is -0.356 e. The lowest BCUT2D eigenvalue weighted by Crippen LogP contribution is -2.53. The van der Waals surface area contributed by atoms with Gasteiger partial charge in [-0.15, -0.1) is 24.0 Å². The first-order valence-electron chi connectivity index (χ1n) is 9.57. The van der Waals surface area contributed by atoms with E-state index in [0.29, 0.717) is 45.0 Å². The molecule has 2 fully saturated rings. The van der Waals surface area contributed by atoms with Crippen LogP contribution in [0, 0.1) is 11.7 Å². The van der Waals surface area contributed by atoms with Crippen LogP contribution in [0.15, 0.2) is 23.3 Å². The molecule has 28 heavy (non-hydrogen) atoms. The summed E-state index contributed by atoms with van der Waals surface area (Å²) in [6, 6.07) is 3.03. The summed E-state index contributed by atoms with van der Waals surface area (Å²) in [6.45, 7) is 6.20. The monoisotopic (exact) mass is 525 g/mol. The van der Waals surface area contributed by atoms with Gasteiger partial charge in [0.25, 0.3) is 0 Å². The summed E-state index contributed by atoms with van der Waals surface area (Å²) in [5.41, 5.74) is 0. The zero-order valence-corrected chi connectivity index (χ0v) is 19.3. The first-order valence-corrected chi connectivity index (χ1v) is 11.4. The standard InChI is InChI=1S/C18H28FN5O2S.HI/c1-2-6-21-18(22-13-15-5-12-27(25,26)14-15)24-10-8-23(9-11-24)17-16(19)4-3-7-20-17;/h3-4,7,15H,2,5-6,8-14H2,1H3,(H,21,22);1H. The number of nitrogens with zero attached hydrogens (tertiary/aromatic N) is 4. The number of sulfone groups is 1. The molecule has 3 heterocycles. The van der Waals surface area contributed by atoms with Gasteiger partial charge in [0.1, 0.15) is 0 Å². The van der Waals surface area contributed by atoms with E-state index in [2.05, 4.69) is 22.1 Å². The molecular formula is C18H29FIN5O2S. The van der Waals surface area contributed by atoms with Crippen molar-refractivity contribution in [2.24, 2.45) is 10.9 Å². The van der Waals surface area contributed by atoms with Crippen molar-refractivity contribution in [2.75, 3.05) is 55.7 Å². The Hall–Kier alpha value is -1.17. The minimum atomic E-state index is -2.88. The first-order chi connectivity index (χ1) is 13.0. The van der Waals surface area contributed by atoms with Crippen LogP contribution in [-0.2, 0) is 9.84 Å². The first kappa shape index (κ1) is 23.1. The molecule has 0 spiro atoms. The summed E-state index contributed by atoms with van der Waals surface area (Å²) in [5.74, 6) is 1.54. The molecule has 1 aromatic heterocycles. The number of aliphatic imine (C=N–C) groups is 1. The predicted molar refractivity (Wildman–Crippen MR) is 121 cm³/mol. The second-order valence-corrected chi connectivity index (χ2v) is 9.37. The van der Waals surface area contributed by atoms with Crippen LogP contribution in [-0.4, -0.2) is 75.0 Å². The van der Waals surface area contributed by atoms with Crippen LogP contribution in [0.5, 0.6) is 0 Å². The van der Waals surface area contributed by atoms with Gasteiger partial charge in [-0.25, -0.2) is 17.8 Å². The molecule has 0 radical (unpaired) electrons. The normalized spacial score (nSPS) is 22.1. The van der Waals surface area contributed by atoms with E-state index in [-0.39, 0.29) is 47.2 Å². The number of nitrogens with one attached hydrogen (secondary N) is 1. The van der Waals surface area contributed by atoms with Crippen molar-refractivity contribution in [1.29, 1.82) is 0 Å². The predicted octanol–water partition coefficient (Wildman–Crippen LogP) is 1.75. The molecule has 158 valence electrons. The van der Waals surface area contributed by atoms with Crippen molar-refractivity contribution in [3.05, 3.63) is 24.1 Å². The number of rotatable bonds is 5. The molecule has 2 saturated heterocycles. The van der Waals surface area contributed by atoms with Gasteiger partial charge in [-0.3, -0.25) is 4.99 Å². The van der Waals surface area contributed by atoms with Crippen LogP contribution < -0.4 is 10.2 Å². The third-order valence-corrected chi connectivity index (χ3v) is 6.81. The number of halogens is 2. The van der Waals surface area contributed by atoms with Gasteiger partial charge in [-0.1, -0.05) is 6.92 Å². The van der Waals surface area contributed by atoms with Gasteiger partial charge in [-0.2, -0.15) is 0 Å². The Bertz CT molecular complexity index is 769. The zero-order valence-electron chi connectivity index (χ0n) is 16.2. The Morgan fingerprint density at radius 3 is 2.71 bits per heavy atom. The van der Waals surface area contributed by atoms with Crippen LogP contribution in [0.25, 0.3) is 0 Å². The molecule has 7 nitrogen and oxygen atoms in total. The van der Waals surface area contributed by atoms with Crippen molar-refractivity contribution >= 4 is 45.6 Å². The van der Waals surface area contributed by atoms with Crippen molar-refractivity contribution in [3.63, 3.8) is 0 Å².